The molecular formula is C7H16S3. The largest absolute Gasteiger partial charge is 0.0829 e. The minimum atomic E-state index is 1.23. The Bertz CT molecular complexity index is 48.8. The number of rotatable bonds is 7. The van der Waals surface area contributed by atoms with Gasteiger partial charge in [0, 0.05) is 11.5 Å². The van der Waals surface area contributed by atoms with Crippen LogP contribution in [0, 0.1) is 0 Å². The summed E-state index contributed by atoms with van der Waals surface area (Å²) >= 11 is 0. The lowest BCUT2D eigenvalue weighted by Crippen LogP contribution is -1.74. The summed E-state index contributed by atoms with van der Waals surface area (Å²) in [6, 6.07) is 0. The molecule has 0 saturated heterocycles. The van der Waals surface area contributed by atoms with Crippen LogP contribution in [0.1, 0.15) is 33.1 Å². The second-order valence-electron chi connectivity index (χ2n) is 2.00. The molecule has 3 heteroatoms. The fourth-order valence-corrected chi connectivity index (χ4v) is 4.22. The van der Waals surface area contributed by atoms with Crippen LogP contribution >= 0.6 is 31.4 Å². The highest BCUT2D eigenvalue weighted by molar-refractivity contribution is 9.09. The van der Waals surface area contributed by atoms with Gasteiger partial charge in [0.15, 0.2) is 0 Å². The maximum Gasteiger partial charge on any atom is 0.00451 e. The molecule has 0 amide bonds. The smallest absolute Gasteiger partial charge is 0.00451 e. The topological polar surface area (TPSA) is 0 Å². The van der Waals surface area contributed by atoms with Crippen molar-refractivity contribution in [2.24, 2.45) is 0 Å². The van der Waals surface area contributed by atoms with Crippen LogP contribution in [0.4, 0.5) is 0 Å². The molecule has 0 aliphatic heterocycles. The maximum absolute atomic E-state index is 2.25. The second kappa shape index (κ2) is 10.0. The zero-order valence-corrected chi connectivity index (χ0v) is 9.21. The van der Waals surface area contributed by atoms with Crippen LogP contribution in [0.3, 0.4) is 0 Å². The third-order valence-electron chi connectivity index (χ3n) is 1.05. The van der Waals surface area contributed by atoms with Crippen molar-refractivity contribution in [2.75, 3.05) is 11.5 Å². The van der Waals surface area contributed by atoms with Gasteiger partial charge in [-0.3, -0.25) is 0 Å². The van der Waals surface area contributed by atoms with Gasteiger partial charge in [-0.15, -0.1) is 0 Å². The van der Waals surface area contributed by atoms with Crippen LogP contribution in [-0.4, -0.2) is 11.5 Å². The molecule has 0 saturated carbocycles. The van der Waals surface area contributed by atoms with E-state index < -0.39 is 0 Å². The third kappa shape index (κ3) is 9.05. The van der Waals surface area contributed by atoms with E-state index in [1.165, 1.54) is 30.8 Å². The fourth-order valence-electron chi connectivity index (χ4n) is 0.527. The van der Waals surface area contributed by atoms with Crippen molar-refractivity contribution >= 4 is 31.4 Å². The summed E-state index contributed by atoms with van der Waals surface area (Å²) in [5, 5.41) is 0. The molecule has 0 heterocycles. The minimum absolute atomic E-state index is 1.23. The van der Waals surface area contributed by atoms with Gasteiger partial charge in [0.25, 0.3) is 0 Å². The molecule has 0 atom stereocenters. The van der Waals surface area contributed by atoms with Gasteiger partial charge in [0.05, 0.1) is 0 Å². The first-order valence-corrected chi connectivity index (χ1v) is 7.65. The minimum Gasteiger partial charge on any atom is -0.0829 e. The Hall–Kier alpha value is 1.05. The first-order chi connectivity index (χ1) is 4.91. The molecule has 62 valence electrons. The lowest BCUT2D eigenvalue weighted by molar-refractivity contribution is 0.780. The van der Waals surface area contributed by atoms with Gasteiger partial charge in [-0.05, 0) is 16.2 Å². The normalized spacial score (nSPS) is 10.2. The van der Waals surface area contributed by atoms with Crippen molar-refractivity contribution in [3.63, 3.8) is 0 Å². The van der Waals surface area contributed by atoms with E-state index in [1.807, 2.05) is 31.4 Å². The standard InChI is InChI=1S/C7H16S3/c1-3-5-6-7-9-10-8-4-2/h3-7H2,1-2H3. The summed E-state index contributed by atoms with van der Waals surface area (Å²) in [6.45, 7) is 4.45. The molecule has 0 aromatic rings. The molecule has 0 fully saturated rings. The SMILES string of the molecule is CCCCCSSSCC. The Morgan fingerprint density at radius 3 is 2.40 bits per heavy atom. The third-order valence-corrected chi connectivity index (χ3v) is 5.45. The van der Waals surface area contributed by atoms with Crippen LogP contribution in [0.2, 0.25) is 0 Å². The van der Waals surface area contributed by atoms with Gasteiger partial charge in [-0.1, -0.05) is 48.3 Å². The Labute approximate surface area is 76.1 Å². The van der Waals surface area contributed by atoms with Gasteiger partial charge in [0.2, 0.25) is 0 Å². The number of hydrogen-bond acceptors (Lipinski definition) is 3. The van der Waals surface area contributed by atoms with Gasteiger partial charge in [-0.25, -0.2) is 0 Å². The number of hydrogen-bond donors (Lipinski definition) is 0. The lowest BCUT2D eigenvalue weighted by Gasteiger charge is -1.96. The molecule has 0 N–H and O–H groups in total. The molecule has 0 radical (unpaired) electrons. The molecule has 0 nitrogen and oxygen atoms in total. The zero-order valence-electron chi connectivity index (χ0n) is 6.76. The summed E-state index contributed by atoms with van der Waals surface area (Å²) in [7, 11) is 5.88. The first kappa shape index (κ1) is 11.1. The summed E-state index contributed by atoms with van der Waals surface area (Å²) in [5.41, 5.74) is 0. The van der Waals surface area contributed by atoms with E-state index in [-0.39, 0.29) is 0 Å². The van der Waals surface area contributed by atoms with Crippen molar-refractivity contribution in [1.29, 1.82) is 0 Å². The Morgan fingerprint density at radius 1 is 1.00 bits per heavy atom. The van der Waals surface area contributed by atoms with Gasteiger partial charge in [0.1, 0.15) is 0 Å². The summed E-state index contributed by atoms with van der Waals surface area (Å²) in [6.07, 6.45) is 4.12. The molecule has 10 heavy (non-hydrogen) atoms. The molecule has 0 aromatic heterocycles. The molecule has 0 aromatic carbocycles. The second-order valence-corrected chi connectivity index (χ2v) is 6.64. The molecule has 0 bridgehead atoms. The molecular weight excluding hydrogens is 180 g/mol. The first-order valence-electron chi connectivity index (χ1n) is 3.82. The Morgan fingerprint density at radius 2 is 1.80 bits per heavy atom. The lowest BCUT2D eigenvalue weighted by atomic mass is 10.3. The highest BCUT2D eigenvalue weighted by Gasteiger charge is 1.88. The summed E-state index contributed by atoms with van der Waals surface area (Å²) in [4.78, 5) is 0. The molecule has 0 rings (SSSR count). The van der Waals surface area contributed by atoms with E-state index in [9.17, 15) is 0 Å². The maximum atomic E-state index is 2.25. The van der Waals surface area contributed by atoms with E-state index in [0.717, 1.165) is 0 Å². The van der Waals surface area contributed by atoms with Crippen molar-refractivity contribution in [3.05, 3.63) is 0 Å². The highest BCUT2D eigenvalue weighted by atomic mass is 33.5. The van der Waals surface area contributed by atoms with E-state index in [1.54, 1.807) is 0 Å². The predicted molar refractivity (Wildman–Crippen MR) is 57.7 cm³/mol. The van der Waals surface area contributed by atoms with Crippen molar-refractivity contribution in [1.82, 2.24) is 0 Å². The highest BCUT2D eigenvalue weighted by Crippen LogP contribution is 2.34. The average Bonchev–Trinajstić information content (AvgIpc) is 1.97. The Balaban J connectivity index is 2.65. The van der Waals surface area contributed by atoms with Gasteiger partial charge < -0.3 is 0 Å². The van der Waals surface area contributed by atoms with Crippen molar-refractivity contribution < 1.29 is 0 Å². The molecule has 0 unspecified atom stereocenters. The quantitative estimate of drug-likeness (QED) is 0.442. The summed E-state index contributed by atoms with van der Waals surface area (Å²) in [5.74, 6) is 2.55. The van der Waals surface area contributed by atoms with Crippen LogP contribution in [0.15, 0.2) is 0 Å². The van der Waals surface area contributed by atoms with Crippen LogP contribution < -0.4 is 0 Å². The van der Waals surface area contributed by atoms with E-state index >= 15 is 0 Å². The van der Waals surface area contributed by atoms with E-state index in [2.05, 4.69) is 13.8 Å². The van der Waals surface area contributed by atoms with Crippen LogP contribution in [0.25, 0.3) is 0 Å². The van der Waals surface area contributed by atoms with Crippen molar-refractivity contribution in [2.45, 2.75) is 33.1 Å². The predicted octanol–water partition coefficient (Wildman–Crippen LogP) is 4.23. The van der Waals surface area contributed by atoms with Gasteiger partial charge >= 0.3 is 0 Å². The molecule has 0 spiro atoms. The van der Waals surface area contributed by atoms with E-state index in [0.29, 0.717) is 0 Å². The van der Waals surface area contributed by atoms with Gasteiger partial charge in [-0.2, -0.15) is 0 Å². The monoisotopic (exact) mass is 196 g/mol. The van der Waals surface area contributed by atoms with Crippen LogP contribution in [-0.2, 0) is 0 Å². The van der Waals surface area contributed by atoms with Crippen LogP contribution in [0.5, 0.6) is 0 Å². The fraction of sp³-hybridized carbons (Fsp3) is 1.00. The van der Waals surface area contributed by atoms with Crippen molar-refractivity contribution in [3.8, 4) is 0 Å². The molecule has 0 aliphatic rings. The van der Waals surface area contributed by atoms with E-state index in [4.69, 9.17) is 0 Å². The molecule has 0 aliphatic carbocycles. The average molecular weight is 196 g/mol. The number of unbranched alkanes of at least 4 members (excludes halogenated alkanes) is 2. The zero-order chi connectivity index (χ0) is 7.66. The summed E-state index contributed by atoms with van der Waals surface area (Å²) < 4.78 is 0. The Kier molecular flexibility index (Phi) is 11.1.